The van der Waals surface area contributed by atoms with E-state index in [9.17, 15) is 0 Å². The Kier molecular flexibility index (Phi) is 10.2. The number of hydrogen-bond donors (Lipinski definition) is 2. The zero-order valence-corrected chi connectivity index (χ0v) is 18.4. The zero-order valence-electron chi connectivity index (χ0n) is 16.1. The first-order chi connectivity index (χ1) is 12.9. The van der Waals surface area contributed by atoms with Crippen molar-refractivity contribution in [1.29, 1.82) is 0 Å². The van der Waals surface area contributed by atoms with E-state index in [1.165, 1.54) is 5.56 Å². The first-order valence-corrected chi connectivity index (χ1v) is 9.72. The Labute approximate surface area is 179 Å². The lowest BCUT2D eigenvalue weighted by Crippen LogP contribution is -2.40. The van der Waals surface area contributed by atoms with Crippen molar-refractivity contribution in [2.75, 3.05) is 46.6 Å². The van der Waals surface area contributed by atoms with Crippen molar-refractivity contribution in [3.8, 4) is 5.75 Å². The highest BCUT2D eigenvalue weighted by Crippen LogP contribution is 2.32. The topological polar surface area (TPSA) is 64.1 Å². The summed E-state index contributed by atoms with van der Waals surface area (Å²) in [7, 11) is 1.81. The van der Waals surface area contributed by atoms with Gasteiger partial charge in [0.1, 0.15) is 5.75 Å². The van der Waals surface area contributed by atoms with Crippen molar-refractivity contribution in [2.45, 2.75) is 37.7 Å². The SMILES string of the molecule is CN=C(NCCCOCC1CCCO1)NCC1CCOc2ccccc21.I. The van der Waals surface area contributed by atoms with Crippen LogP contribution in [-0.4, -0.2) is 58.6 Å². The second-order valence-electron chi connectivity index (χ2n) is 6.82. The monoisotopic (exact) mass is 489 g/mol. The van der Waals surface area contributed by atoms with E-state index in [2.05, 4.69) is 27.8 Å². The largest absolute Gasteiger partial charge is 0.493 e. The van der Waals surface area contributed by atoms with Gasteiger partial charge in [-0.15, -0.1) is 24.0 Å². The number of halogens is 1. The summed E-state index contributed by atoms with van der Waals surface area (Å²) in [5.74, 6) is 2.30. The average Bonchev–Trinajstić information content (AvgIpc) is 3.20. The van der Waals surface area contributed by atoms with Crippen molar-refractivity contribution < 1.29 is 14.2 Å². The summed E-state index contributed by atoms with van der Waals surface area (Å²) in [6.07, 6.45) is 4.57. The molecule has 2 unspecified atom stereocenters. The van der Waals surface area contributed by atoms with Crippen LogP contribution in [0.15, 0.2) is 29.3 Å². The molecule has 0 spiro atoms. The fraction of sp³-hybridized carbons (Fsp3) is 0.650. The zero-order chi connectivity index (χ0) is 18.0. The van der Waals surface area contributed by atoms with Crippen molar-refractivity contribution in [1.82, 2.24) is 10.6 Å². The highest BCUT2D eigenvalue weighted by Gasteiger charge is 2.21. The minimum atomic E-state index is 0. The molecule has 0 aromatic heterocycles. The number of aliphatic imine (C=N–C) groups is 1. The van der Waals surface area contributed by atoms with E-state index in [-0.39, 0.29) is 24.0 Å². The summed E-state index contributed by atoms with van der Waals surface area (Å²) in [4.78, 5) is 4.31. The molecule has 0 bridgehead atoms. The summed E-state index contributed by atoms with van der Waals surface area (Å²) in [5, 5.41) is 6.80. The Morgan fingerprint density at radius 3 is 2.93 bits per heavy atom. The molecule has 0 amide bonds. The van der Waals surface area contributed by atoms with Gasteiger partial charge in [-0.1, -0.05) is 18.2 Å². The van der Waals surface area contributed by atoms with E-state index in [1.807, 2.05) is 12.1 Å². The van der Waals surface area contributed by atoms with Crippen LogP contribution in [0.3, 0.4) is 0 Å². The second-order valence-corrected chi connectivity index (χ2v) is 6.82. The number of rotatable bonds is 8. The molecule has 6 nitrogen and oxygen atoms in total. The van der Waals surface area contributed by atoms with Crippen LogP contribution < -0.4 is 15.4 Å². The van der Waals surface area contributed by atoms with E-state index >= 15 is 0 Å². The minimum Gasteiger partial charge on any atom is -0.493 e. The maximum atomic E-state index is 5.73. The number of fused-ring (bicyclic) bond motifs is 1. The van der Waals surface area contributed by atoms with Gasteiger partial charge in [0.25, 0.3) is 0 Å². The summed E-state index contributed by atoms with van der Waals surface area (Å²) in [6.45, 7) is 4.82. The summed E-state index contributed by atoms with van der Waals surface area (Å²) < 4.78 is 17.0. The van der Waals surface area contributed by atoms with Gasteiger partial charge in [0.2, 0.25) is 0 Å². The number of guanidine groups is 1. The maximum absolute atomic E-state index is 5.73. The third-order valence-electron chi connectivity index (χ3n) is 4.91. The van der Waals surface area contributed by atoms with Crippen LogP contribution in [0.1, 0.15) is 37.2 Å². The van der Waals surface area contributed by atoms with Gasteiger partial charge in [-0.05, 0) is 37.3 Å². The molecule has 2 heterocycles. The number of benzene rings is 1. The predicted octanol–water partition coefficient (Wildman–Crippen LogP) is 2.92. The highest BCUT2D eigenvalue weighted by atomic mass is 127. The van der Waals surface area contributed by atoms with Crippen LogP contribution in [0.2, 0.25) is 0 Å². The second kappa shape index (κ2) is 12.4. The molecular weight excluding hydrogens is 457 g/mol. The van der Waals surface area contributed by atoms with E-state index in [0.29, 0.717) is 12.0 Å². The van der Waals surface area contributed by atoms with Crippen LogP contribution in [-0.2, 0) is 9.47 Å². The molecule has 1 saturated heterocycles. The van der Waals surface area contributed by atoms with Crippen molar-refractivity contribution >= 4 is 29.9 Å². The smallest absolute Gasteiger partial charge is 0.190 e. The van der Waals surface area contributed by atoms with E-state index < -0.39 is 0 Å². The molecule has 1 aromatic carbocycles. The maximum Gasteiger partial charge on any atom is 0.190 e. The predicted molar refractivity (Wildman–Crippen MR) is 118 cm³/mol. The van der Waals surface area contributed by atoms with Crippen LogP contribution in [0.5, 0.6) is 5.75 Å². The Balaban J connectivity index is 0.00000261. The molecule has 152 valence electrons. The number of para-hydroxylation sites is 1. The average molecular weight is 489 g/mol. The molecule has 2 aliphatic rings. The van der Waals surface area contributed by atoms with Crippen molar-refractivity contribution in [3.63, 3.8) is 0 Å². The van der Waals surface area contributed by atoms with Gasteiger partial charge in [-0.25, -0.2) is 0 Å². The fourth-order valence-corrected chi connectivity index (χ4v) is 3.44. The first-order valence-electron chi connectivity index (χ1n) is 9.72. The van der Waals surface area contributed by atoms with E-state index in [0.717, 1.165) is 76.9 Å². The molecule has 1 fully saturated rings. The highest BCUT2D eigenvalue weighted by molar-refractivity contribution is 14.0. The van der Waals surface area contributed by atoms with Crippen LogP contribution in [0, 0.1) is 0 Å². The molecule has 0 aliphatic carbocycles. The summed E-state index contributed by atoms with van der Waals surface area (Å²) >= 11 is 0. The lowest BCUT2D eigenvalue weighted by molar-refractivity contribution is 0.0168. The lowest BCUT2D eigenvalue weighted by Gasteiger charge is -2.26. The van der Waals surface area contributed by atoms with E-state index in [1.54, 1.807) is 7.05 Å². The number of nitrogens with one attached hydrogen (secondary N) is 2. The van der Waals surface area contributed by atoms with Gasteiger partial charge >= 0.3 is 0 Å². The van der Waals surface area contributed by atoms with Gasteiger partial charge in [-0.2, -0.15) is 0 Å². The third-order valence-corrected chi connectivity index (χ3v) is 4.91. The van der Waals surface area contributed by atoms with Gasteiger partial charge < -0.3 is 24.8 Å². The van der Waals surface area contributed by atoms with Gasteiger partial charge in [0, 0.05) is 39.3 Å². The number of nitrogens with zero attached hydrogens (tertiary/aromatic N) is 1. The molecule has 2 atom stereocenters. The first kappa shape index (κ1) is 22.2. The third kappa shape index (κ3) is 7.12. The molecule has 0 saturated carbocycles. The van der Waals surface area contributed by atoms with Gasteiger partial charge in [0.15, 0.2) is 5.96 Å². The Morgan fingerprint density at radius 2 is 2.11 bits per heavy atom. The Bertz CT molecular complexity index is 579. The van der Waals surface area contributed by atoms with Crippen molar-refractivity contribution in [3.05, 3.63) is 29.8 Å². The number of hydrogen-bond acceptors (Lipinski definition) is 4. The molecule has 3 rings (SSSR count). The standard InChI is InChI=1S/C20H31N3O3.HI/c1-21-20(22-10-5-11-24-15-17-6-4-12-25-17)23-14-16-9-13-26-19-8-3-2-7-18(16)19;/h2-3,7-8,16-17H,4-6,9-15H2,1H3,(H2,21,22,23);1H. The Hall–Kier alpha value is -1.06. The fourth-order valence-electron chi connectivity index (χ4n) is 3.44. The quantitative estimate of drug-likeness (QED) is 0.255. The lowest BCUT2D eigenvalue weighted by atomic mass is 9.93. The van der Waals surface area contributed by atoms with Crippen LogP contribution in [0.25, 0.3) is 0 Å². The molecule has 27 heavy (non-hydrogen) atoms. The normalized spacial score (nSPS) is 21.7. The van der Waals surface area contributed by atoms with Crippen LogP contribution >= 0.6 is 24.0 Å². The van der Waals surface area contributed by atoms with Crippen molar-refractivity contribution in [2.24, 2.45) is 4.99 Å². The Morgan fingerprint density at radius 1 is 1.22 bits per heavy atom. The molecular formula is C20H32IN3O3. The van der Waals surface area contributed by atoms with Crippen LogP contribution in [0.4, 0.5) is 0 Å². The van der Waals surface area contributed by atoms with E-state index in [4.69, 9.17) is 14.2 Å². The summed E-state index contributed by atoms with van der Waals surface area (Å²) in [5.41, 5.74) is 1.28. The summed E-state index contributed by atoms with van der Waals surface area (Å²) in [6, 6.07) is 8.30. The molecule has 2 N–H and O–H groups in total. The molecule has 7 heteroatoms. The minimum absolute atomic E-state index is 0. The van der Waals surface area contributed by atoms with Gasteiger partial charge in [0.05, 0.1) is 19.3 Å². The molecule has 2 aliphatic heterocycles. The van der Waals surface area contributed by atoms with Gasteiger partial charge in [-0.3, -0.25) is 4.99 Å². The number of ether oxygens (including phenoxy) is 3. The molecule has 1 aromatic rings. The molecule has 0 radical (unpaired) electrons.